The van der Waals surface area contributed by atoms with E-state index in [-0.39, 0.29) is 11.4 Å². The van der Waals surface area contributed by atoms with Gasteiger partial charge in [0.15, 0.2) is 5.58 Å². The predicted molar refractivity (Wildman–Crippen MR) is 84.0 cm³/mol. The highest BCUT2D eigenvalue weighted by molar-refractivity contribution is 7.89. The van der Waals surface area contributed by atoms with Crippen molar-refractivity contribution in [3.05, 3.63) is 59.5 Å². The summed E-state index contributed by atoms with van der Waals surface area (Å²) in [5.74, 6) is 0.342. The molecular formula is C16H16N2O3S. The Morgan fingerprint density at radius 3 is 2.64 bits per heavy atom. The Balaban J connectivity index is 1.82. The fourth-order valence-electron chi connectivity index (χ4n) is 2.33. The van der Waals surface area contributed by atoms with Gasteiger partial charge in [0, 0.05) is 0 Å². The molecule has 0 unspecified atom stereocenters. The molecule has 0 radical (unpaired) electrons. The molecule has 1 N–H and O–H groups in total. The maximum atomic E-state index is 12.4. The average molecular weight is 316 g/mol. The van der Waals surface area contributed by atoms with E-state index in [1.54, 1.807) is 25.1 Å². The van der Waals surface area contributed by atoms with Crippen LogP contribution in [0.5, 0.6) is 0 Å². The topological polar surface area (TPSA) is 72.2 Å². The van der Waals surface area contributed by atoms with Crippen molar-refractivity contribution in [3.63, 3.8) is 0 Å². The largest absolute Gasteiger partial charge is 0.439 e. The lowest BCUT2D eigenvalue weighted by atomic mass is 10.2. The molecule has 3 aromatic rings. The highest BCUT2D eigenvalue weighted by Gasteiger charge is 2.17. The van der Waals surface area contributed by atoms with Crippen LogP contribution in [-0.4, -0.2) is 13.4 Å². The van der Waals surface area contributed by atoms with E-state index in [9.17, 15) is 8.42 Å². The summed E-state index contributed by atoms with van der Waals surface area (Å²) in [4.78, 5) is 4.52. The number of sulfonamides is 1. The van der Waals surface area contributed by atoms with Crippen LogP contribution in [0.25, 0.3) is 11.1 Å². The van der Waals surface area contributed by atoms with E-state index in [2.05, 4.69) is 9.71 Å². The number of para-hydroxylation sites is 2. The van der Waals surface area contributed by atoms with Crippen LogP contribution in [0.1, 0.15) is 17.0 Å². The molecule has 0 aliphatic rings. The van der Waals surface area contributed by atoms with Gasteiger partial charge < -0.3 is 4.42 Å². The smallest absolute Gasteiger partial charge is 0.241 e. The van der Waals surface area contributed by atoms with E-state index < -0.39 is 10.0 Å². The summed E-state index contributed by atoms with van der Waals surface area (Å²) < 4.78 is 32.8. The molecular weight excluding hydrogens is 300 g/mol. The van der Waals surface area contributed by atoms with Gasteiger partial charge in [0.1, 0.15) is 5.52 Å². The molecule has 1 heterocycles. The van der Waals surface area contributed by atoms with Crippen molar-refractivity contribution in [1.82, 2.24) is 9.71 Å². The van der Waals surface area contributed by atoms with Gasteiger partial charge in [-0.25, -0.2) is 18.1 Å². The SMILES string of the molecule is Cc1ccc(S(=O)(=O)NCc2nc3ccccc3o2)c(C)c1. The molecule has 0 saturated heterocycles. The molecule has 5 nitrogen and oxygen atoms in total. The minimum atomic E-state index is -3.59. The number of oxazole rings is 1. The van der Waals surface area contributed by atoms with Crippen molar-refractivity contribution in [2.45, 2.75) is 25.3 Å². The van der Waals surface area contributed by atoms with Crippen molar-refractivity contribution in [3.8, 4) is 0 Å². The lowest BCUT2D eigenvalue weighted by Gasteiger charge is -2.08. The number of nitrogens with one attached hydrogen (secondary N) is 1. The number of benzene rings is 2. The van der Waals surface area contributed by atoms with Crippen LogP contribution < -0.4 is 4.72 Å². The maximum Gasteiger partial charge on any atom is 0.241 e. The summed E-state index contributed by atoms with van der Waals surface area (Å²) in [5, 5.41) is 0. The summed E-state index contributed by atoms with van der Waals surface area (Å²) in [6, 6.07) is 12.5. The number of hydrogen-bond acceptors (Lipinski definition) is 4. The van der Waals surface area contributed by atoms with Gasteiger partial charge in [-0.05, 0) is 37.6 Å². The first kappa shape index (κ1) is 14.7. The second-order valence-corrected chi connectivity index (χ2v) is 6.90. The van der Waals surface area contributed by atoms with Crippen LogP contribution in [-0.2, 0) is 16.6 Å². The second kappa shape index (κ2) is 5.55. The lowest BCUT2D eigenvalue weighted by Crippen LogP contribution is -2.24. The Kier molecular flexibility index (Phi) is 3.72. The van der Waals surface area contributed by atoms with Gasteiger partial charge in [-0.2, -0.15) is 0 Å². The molecule has 114 valence electrons. The van der Waals surface area contributed by atoms with Gasteiger partial charge in [-0.1, -0.05) is 29.8 Å². The molecule has 1 aromatic heterocycles. The molecule has 0 aliphatic carbocycles. The predicted octanol–water partition coefficient (Wildman–Crippen LogP) is 2.92. The van der Waals surface area contributed by atoms with Gasteiger partial charge in [0.2, 0.25) is 15.9 Å². The van der Waals surface area contributed by atoms with Crippen LogP contribution in [0.15, 0.2) is 51.8 Å². The normalized spacial score (nSPS) is 11.9. The summed E-state index contributed by atoms with van der Waals surface area (Å²) in [6.45, 7) is 3.72. The molecule has 0 bridgehead atoms. The van der Waals surface area contributed by atoms with Crippen molar-refractivity contribution in [2.75, 3.05) is 0 Å². The zero-order valence-electron chi connectivity index (χ0n) is 12.3. The first-order valence-corrected chi connectivity index (χ1v) is 8.35. The van der Waals surface area contributed by atoms with Crippen LogP contribution in [0.2, 0.25) is 0 Å². The fraction of sp³-hybridized carbons (Fsp3) is 0.188. The monoisotopic (exact) mass is 316 g/mol. The number of aryl methyl sites for hydroxylation is 2. The molecule has 6 heteroatoms. The zero-order chi connectivity index (χ0) is 15.7. The quantitative estimate of drug-likeness (QED) is 0.803. The van der Waals surface area contributed by atoms with Crippen LogP contribution in [0.3, 0.4) is 0 Å². The maximum absolute atomic E-state index is 12.4. The average Bonchev–Trinajstić information content (AvgIpc) is 2.87. The van der Waals surface area contributed by atoms with E-state index in [0.29, 0.717) is 22.6 Å². The van der Waals surface area contributed by atoms with Crippen molar-refractivity contribution >= 4 is 21.1 Å². The third-order valence-electron chi connectivity index (χ3n) is 3.37. The van der Waals surface area contributed by atoms with Crippen molar-refractivity contribution < 1.29 is 12.8 Å². The van der Waals surface area contributed by atoms with Crippen LogP contribution in [0, 0.1) is 13.8 Å². The molecule has 0 amide bonds. The number of aromatic nitrogens is 1. The Bertz CT molecular complexity index is 896. The molecule has 0 atom stereocenters. The Hall–Kier alpha value is -2.18. The summed E-state index contributed by atoms with van der Waals surface area (Å²) in [5.41, 5.74) is 3.09. The number of hydrogen-bond donors (Lipinski definition) is 1. The third-order valence-corrected chi connectivity index (χ3v) is 4.93. The summed E-state index contributed by atoms with van der Waals surface area (Å²) in [6.07, 6.45) is 0. The van der Waals surface area contributed by atoms with E-state index in [4.69, 9.17) is 4.42 Å². The van der Waals surface area contributed by atoms with Gasteiger partial charge in [-0.3, -0.25) is 0 Å². The Morgan fingerprint density at radius 1 is 1.14 bits per heavy atom. The van der Waals surface area contributed by atoms with Gasteiger partial charge in [0.05, 0.1) is 11.4 Å². The van der Waals surface area contributed by atoms with Gasteiger partial charge in [0.25, 0.3) is 0 Å². The lowest BCUT2D eigenvalue weighted by molar-refractivity contribution is 0.513. The Labute approximate surface area is 129 Å². The Morgan fingerprint density at radius 2 is 1.91 bits per heavy atom. The minimum absolute atomic E-state index is 0.0182. The molecule has 3 rings (SSSR count). The third kappa shape index (κ3) is 2.88. The van der Waals surface area contributed by atoms with Gasteiger partial charge in [-0.15, -0.1) is 0 Å². The van der Waals surface area contributed by atoms with Crippen molar-refractivity contribution in [2.24, 2.45) is 0 Å². The highest BCUT2D eigenvalue weighted by Crippen LogP contribution is 2.18. The molecule has 22 heavy (non-hydrogen) atoms. The fourth-order valence-corrected chi connectivity index (χ4v) is 3.53. The van der Waals surface area contributed by atoms with E-state index in [0.717, 1.165) is 5.56 Å². The first-order chi connectivity index (χ1) is 10.5. The van der Waals surface area contributed by atoms with Crippen molar-refractivity contribution in [1.29, 1.82) is 0 Å². The molecule has 0 spiro atoms. The van der Waals surface area contributed by atoms with Gasteiger partial charge >= 0.3 is 0 Å². The number of nitrogens with zero attached hydrogens (tertiary/aromatic N) is 1. The van der Waals surface area contributed by atoms with E-state index in [1.807, 2.05) is 31.2 Å². The second-order valence-electron chi connectivity index (χ2n) is 5.17. The first-order valence-electron chi connectivity index (χ1n) is 6.87. The zero-order valence-corrected chi connectivity index (χ0v) is 13.1. The summed E-state index contributed by atoms with van der Waals surface area (Å²) in [7, 11) is -3.59. The molecule has 0 aliphatic heterocycles. The molecule has 0 fully saturated rings. The standard InChI is InChI=1S/C16H16N2O3S/c1-11-7-8-15(12(2)9-11)22(19,20)17-10-16-18-13-5-3-4-6-14(13)21-16/h3-9,17H,10H2,1-2H3. The minimum Gasteiger partial charge on any atom is -0.439 e. The van der Waals surface area contributed by atoms with Crippen LogP contribution >= 0.6 is 0 Å². The number of fused-ring (bicyclic) bond motifs is 1. The van der Waals surface area contributed by atoms with Crippen LogP contribution in [0.4, 0.5) is 0 Å². The molecule has 0 saturated carbocycles. The summed E-state index contributed by atoms with van der Waals surface area (Å²) >= 11 is 0. The molecule has 2 aromatic carbocycles. The number of rotatable bonds is 4. The highest BCUT2D eigenvalue weighted by atomic mass is 32.2. The van der Waals surface area contributed by atoms with E-state index >= 15 is 0 Å². The van der Waals surface area contributed by atoms with E-state index in [1.165, 1.54) is 0 Å².